The van der Waals surface area contributed by atoms with Crippen molar-refractivity contribution < 1.29 is 9.13 Å². The lowest BCUT2D eigenvalue weighted by Crippen LogP contribution is -2.21. The van der Waals surface area contributed by atoms with E-state index in [0.29, 0.717) is 19.5 Å². The molecule has 84 valence electrons. The van der Waals surface area contributed by atoms with Crippen molar-refractivity contribution in [3.8, 4) is 0 Å². The molecule has 3 heteroatoms. The molecule has 0 saturated carbocycles. The fourth-order valence-corrected chi connectivity index (χ4v) is 1.45. The Balaban J connectivity index is 2.34. The van der Waals surface area contributed by atoms with Gasteiger partial charge in [-0.2, -0.15) is 0 Å². The summed E-state index contributed by atoms with van der Waals surface area (Å²) >= 11 is 0. The van der Waals surface area contributed by atoms with E-state index in [1.807, 2.05) is 25.2 Å². The maximum Gasteiger partial charge on any atom is 0.105 e. The molecule has 15 heavy (non-hydrogen) atoms. The maximum absolute atomic E-state index is 13.3. The van der Waals surface area contributed by atoms with Gasteiger partial charge in [-0.15, -0.1) is 0 Å². The van der Waals surface area contributed by atoms with E-state index in [9.17, 15) is 4.39 Å². The average molecular weight is 211 g/mol. The Hall–Kier alpha value is -1.09. The molecule has 0 saturated heterocycles. The first-order valence-corrected chi connectivity index (χ1v) is 5.22. The molecular formula is C12H18FNO. The van der Waals surface area contributed by atoms with Crippen LogP contribution in [-0.4, -0.2) is 20.2 Å². The lowest BCUT2D eigenvalue weighted by Gasteiger charge is -2.11. The van der Waals surface area contributed by atoms with Crippen LogP contribution in [0.1, 0.15) is 19.8 Å². The Bertz CT molecular complexity index is 292. The summed E-state index contributed by atoms with van der Waals surface area (Å²) in [5, 5.41) is 3.15. The van der Waals surface area contributed by atoms with Gasteiger partial charge in [0.25, 0.3) is 0 Å². The van der Waals surface area contributed by atoms with E-state index in [4.69, 9.17) is 4.74 Å². The van der Waals surface area contributed by atoms with Crippen molar-refractivity contribution in [3.05, 3.63) is 35.4 Å². The molecular weight excluding hydrogens is 193 g/mol. The molecule has 0 amide bonds. The van der Waals surface area contributed by atoms with Gasteiger partial charge in [-0.05, 0) is 25.0 Å². The second kappa shape index (κ2) is 6.40. The monoisotopic (exact) mass is 211 g/mol. The summed E-state index contributed by atoms with van der Waals surface area (Å²) in [7, 11) is 1.64. The van der Waals surface area contributed by atoms with Crippen LogP contribution >= 0.6 is 0 Å². The molecule has 0 aromatic rings. The molecule has 1 rings (SSSR count). The molecule has 1 aliphatic rings. The number of methoxy groups -OCH3 is 1. The van der Waals surface area contributed by atoms with Crippen molar-refractivity contribution in [2.24, 2.45) is 0 Å². The predicted molar refractivity (Wildman–Crippen MR) is 60.1 cm³/mol. The highest BCUT2D eigenvalue weighted by molar-refractivity contribution is 5.27. The van der Waals surface area contributed by atoms with Gasteiger partial charge < -0.3 is 10.1 Å². The molecule has 0 aromatic carbocycles. The Morgan fingerprint density at radius 2 is 2.47 bits per heavy atom. The normalized spacial score (nSPS) is 17.1. The molecule has 0 fully saturated rings. The minimum absolute atomic E-state index is 0.00412. The number of nitrogens with one attached hydrogen (secondary N) is 1. The van der Waals surface area contributed by atoms with Crippen LogP contribution in [0.25, 0.3) is 0 Å². The first-order chi connectivity index (χ1) is 7.27. The predicted octanol–water partition coefficient (Wildman–Crippen LogP) is 2.70. The molecule has 0 heterocycles. The van der Waals surface area contributed by atoms with Gasteiger partial charge in [0.1, 0.15) is 11.6 Å². The molecule has 0 aliphatic heterocycles. The fraction of sp³-hybridized carbons (Fsp3) is 0.500. The third kappa shape index (κ3) is 3.88. The summed E-state index contributed by atoms with van der Waals surface area (Å²) in [6.45, 7) is 3.11. The zero-order valence-corrected chi connectivity index (χ0v) is 9.35. The Morgan fingerprint density at radius 3 is 3.07 bits per heavy atom. The number of hydrogen-bond donors (Lipinski definition) is 1. The molecule has 0 unspecified atom stereocenters. The van der Waals surface area contributed by atoms with Gasteiger partial charge in [0.05, 0.1) is 13.7 Å². The Labute approximate surface area is 90.5 Å². The Kier molecular flexibility index (Phi) is 5.12. The number of rotatable bonds is 5. The number of ether oxygens (including phenoxy) is 1. The second-order valence-electron chi connectivity index (χ2n) is 3.43. The van der Waals surface area contributed by atoms with Gasteiger partial charge in [-0.25, -0.2) is 4.39 Å². The van der Waals surface area contributed by atoms with Crippen LogP contribution in [-0.2, 0) is 4.74 Å². The van der Waals surface area contributed by atoms with Gasteiger partial charge in [0.2, 0.25) is 0 Å². The first-order valence-electron chi connectivity index (χ1n) is 5.22. The van der Waals surface area contributed by atoms with Crippen LogP contribution in [0.3, 0.4) is 0 Å². The summed E-state index contributed by atoms with van der Waals surface area (Å²) in [5.74, 6) is 0.875. The number of hydrogen-bond acceptors (Lipinski definition) is 2. The molecule has 1 N–H and O–H groups in total. The molecule has 1 aliphatic carbocycles. The van der Waals surface area contributed by atoms with Crippen LogP contribution in [0, 0.1) is 0 Å². The van der Waals surface area contributed by atoms with Crippen molar-refractivity contribution in [1.82, 2.24) is 5.32 Å². The summed E-state index contributed by atoms with van der Waals surface area (Å²) in [4.78, 5) is 0. The van der Waals surface area contributed by atoms with E-state index in [1.54, 1.807) is 7.11 Å². The van der Waals surface area contributed by atoms with E-state index in [0.717, 1.165) is 17.8 Å². The molecule has 2 nitrogen and oxygen atoms in total. The van der Waals surface area contributed by atoms with E-state index < -0.39 is 0 Å². The van der Waals surface area contributed by atoms with Gasteiger partial charge in [-0.3, -0.25) is 0 Å². The van der Waals surface area contributed by atoms with Crippen molar-refractivity contribution in [1.29, 1.82) is 0 Å². The van der Waals surface area contributed by atoms with Gasteiger partial charge in [-0.1, -0.05) is 12.2 Å². The SMILES string of the molecule is C/C=C(/CNCC1=C(F)CCC=C1)OC. The Morgan fingerprint density at radius 1 is 1.67 bits per heavy atom. The zero-order chi connectivity index (χ0) is 11.1. The fourth-order valence-electron chi connectivity index (χ4n) is 1.45. The molecule has 0 bridgehead atoms. The van der Waals surface area contributed by atoms with Crippen LogP contribution < -0.4 is 5.32 Å². The lowest BCUT2D eigenvalue weighted by molar-refractivity contribution is 0.279. The first kappa shape index (κ1) is 12.0. The van der Waals surface area contributed by atoms with Crippen LogP contribution in [0.4, 0.5) is 4.39 Å². The van der Waals surface area contributed by atoms with Crippen molar-refractivity contribution in [2.75, 3.05) is 20.2 Å². The highest BCUT2D eigenvalue weighted by Crippen LogP contribution is 2.19. The smallest absolute Gasteiger partial charge is 0.105 e. The zero-order valence-electron chi connectivity index (χ0n) is 9.35. The molecule has 0 atom stereocenters. The summed E-state index contributed by atoms with van der Waals surface area (Å²) in [6, 6.07) is 0. The lowest BCUT2D eigenvalue weighted by atomic mass is 10.1. The third-order valence-electron chi connectivity index (χ3n) is 2.40. The standard InChI is InChI=1S/C12H18FNO/c1-3-11(15-2)9-14-8-10-6-4-5-7-12(10)13/h3-4,6,14H,5,7-9H2,1-2H3/b11-3-. The van der Waals surface area contributed by atoms with Crippen molar-refractivity contribution in [2.45, 2.75) is 19.8 Å². The van der Waals surface area contributed by atoms with Gasteiger partial charge in [0, 0.05) is 13.0 Å². The van der Waals surface area contributed by atoms with Gasteiger partial charge in [0.15, 0.2) is 0 Å². The third-order valence-corrected chi connectivity index (χ3v) is 2.40. The van der Waals surface area contributed by atoms with E-state index in [2.05, 4.69) is 5.32 Å². The number of allylic oxidation sites excluding steroid dienone is 3. The van der Waals surface area contributed by atoms with Crippen LogP contribution in [0.2, 0.25) is 0 Å². The van der Waals surface area contributed by atoms with Crippen LogP contribution in [0.5, 0.6) is 0 Å². The minimum atomic E-state index is 0.00412. The van der Waals surface area contributed by atoms with E-state index in [1.165, 1.54) is 0 Å². The van der Waals surface area contributed by atoms with Crippen LogP contribution in [0.15, 0.2) is 35.4 Å². The summed E-state index contributed by atoms with van der Waals surface area (Å²) < 4.78 is 18.4. The minimum Gasteiger partial charge on any atom is -0.500 e. The van der Waals surface area contributed by atoms with Crippen molar-refractivity contribution in [3.63, 3.8) is 0 Å². The van der Waals surface area contributed by atoms with E-state index >= 15 is 0 Å². The highest BCUT2D eigenvalue weighted by atomic mass is 19.1. The van der Waals surface area contributed by atoms with E-state index in [-0.39, 0.29) is 5.83 Å². The number of halogens is 1. The topological polar surface area (TPSA) is 21.3 Å². The highest BCUT2D eigenvalue weighted by Gasteiger charge is 2.07. The summed E-state index contributed by atoms with van der Waals surface area (Å²) in [5.41, 5.74) is 0.757. The molecule has 0 aromatic heterocycles. The molecule has 0 spiro atoms. The van der Waals surface area contributed by atoms with Gasteiger partial charge >= 0.3 is 0 Å². The largest absolute Gasteiger partial charge is 0.500 e. The second-order valence-corrected chi connectivity index (χ2v) is 3.43. The molecule has 0 radical (unpaired) electrons. The van der Waals surface area contributed by atoms with Crippen molar-refractivity contribution >= 4 is 0 Å². The maximum atomic E-state index is 13.3. The average Bonchev–Trinajstić information content (AvgIpc) is 2.27. The quantitative estimate of drug-likeness (QED) is 0.706. The summed E-state index contributed by atoms with van der Waals surface area (Å²) in [6.07, 6.45) is 7.11.